The standard InChI is InChI=1S/C22H25F3N4O/c23-22(24,25)17-12-20(14-26-13-17)29-10-7-18(15-29)27-21(30)11-16-3-5-19(6-4-16)28-8-1-2-9-28/h3-6,12-14,18H,1-2,7-11,15H2,(H,27,30)/t18-/m1/s1. The van der Waals surface area contributed by atoms with Crippen LogP contribution in [0, 0.1) is 0 Å². The van der Waals surface area contributed by atoms with Crippen molar-refractivity contribution in [2.75, 3.05) is 36.0 Å². The minimum atomic E-state index is -4.42. The van der Waals surface area contributed by atoms with Gasteiger partial charge in [-0.2, -0.15) is 13.2 Å². The second kappa shape index (κ2) is 8.53. The van der Waals surface area contributed by atoms with Gasteiger partial charge in [-0.25, -0.2) is 0 Å². The van der Waals surface area contributed by atoms with Gasteiger partial charge in [-0.1, -0.05) is 12.1 Å². The van der Waals surface area contributed by atoms with E-state index in [0.29, 0.717) is 31.6 Å². The third-order valence-corrected chi connectivity index (χ3v) is 5.74. The number of alkyl halides is 3. The van der Waals surface area contributed by atoms with Crippen molar-refractivity contribution >= 4 is 17.3 Å². The third-order valence-electron chi connectivity index (χ3n) is 5.74. The lowest BCUT2D eigenvalue weighted by Gasteiger charge is -2.20. The number of carbonyl (C=O) groups excluding carboxylic acids is 1. The van der Waals surface area contributed by atoms with Gasteiger partial charge in [0.05, 0.1) is 23.9 Å². The number of aromatic nitrogens is 1. The molecular weight excluding hydrogens is 393 g/mol. The van der Waals surface area contributed by atoms with Crippen LogP contribution in [0.3, 0.4) is 0 Å². The Morgan fingerprint density at radius 3 is 2.47 bits per heavy atom. The SMILES string of the molecule is O=C(Cc1ccc(N2CCCC2)cc1)N[C@@H]1CCN(c2cncc(C(F)(F)F)c2)C1. The molecule has 1 amide bonds. The van der Waals surface area contributed by atoms with Gasteiger partial charge in [-0.05, 0) is 43.0 Å². The van der Waals surface area contributed by atoms with Crippen LogP contribution in [-0.4, -0.2) is 43.1 Å². The van der Waals surface area contributed by atoms with Crippen molar-refractivity contribution in [2.45, 2.75) is 37.9 Å². The van der Waals surface area contributed by atoms with Crippen LogP contribution in [-0.2, 0) is 17.4 Å². The van der Waals surface area contributed by atoms with Crippen LogP contribution in [0.4, 0.5) is 24.5 Å². The van der Waals surface area contributed by atoms with Gasteiger partial charge in [0.1, 0.15) is 0 Å². The maximum Gasteiger partial charge on any atom is 0.417 e. The molecule has 4 rings (SSSR count). The predicted molar refractivity (Wildman–Crippen MR) is 110 cm³/mol. The van der Waals surface area contributed by atoms with Gasteiger partial charge < -0.3 is 15.1 Å². The van der Waals surface area contributed by atoms with Gasteiger partial charge in [-0.3, -0.25) is 9.78 Å². The molecule has 2 fully saturated rings. The van der Waals surface area contributed by atoms with Crippen molar-refractivity contribution < 1.29 is 18.0 Å². The van der Waals surface area contributed by atoms with Crippen molar-refractivity contribution in [3.63, 3.8) is 0 Å². The molecule has 2 aliphatic heterocycles. The summed E-state index contributed by atoms with van der Waals surface area (Å²) in [5.74, 6) is -0.0714. The highest BCUT2D eigenvalue weighted by Gasteiger charge is 2.32. The maximum absolute atomic E-state index is 12.9. The number of nitrogens with zero attached hydrogens (tertiary/aromatic N) is 3. The molecular formula is C22H25F3N4O. The summed E-state index contributed by atoms with van der Waals surface area (Å²) >= 11 is 0. The van der Waals surface area contributed by atoms with E-state index in [2.05, 4.69) is 27.3 Å². The first-order valence-electron chi connectivity index (χ1n) is 10.3. The number of benzene rings is 1. The molecule has 0 radical (unpaired) electrons. The van der Waals surface area contributed by atoms with E-state index in [1.165, 1.54) is 24.7 Å². The van der Waals surface area contributed by atoms with E-state index in [9.17, 15) is 18.0 Å². The smallest absolute Gasteiger partial charge is 0.372 e. The van der Waals surface area contributed by atoms with Crippen LogP contribution in [0.1, 0.15) is 30.4 Å². The van der Waals surface area contributed by atoms with Crippen molar-refractivity contribution in [2.24, 2.45) is 0 Å². The van der Waals surface area contributed by atoms with Crippen molar-refractivity contribution in [1.82, 2.24) is 10.3 Å². The fourth-order valence-corrected chi connectivity index (χ4v) is 4.13. The Kier molecular flexibility index (Phi) is 5.83. The summed E-state index contributed by atoms with van der Waals surface area (Å²) in [5, 5.41) is 3.01. The lowest BCUT2D eigenvalue weighted by atomic mass is 10.1. The lowest BCUT2D eigenvalue weighted by Crippen LogP contribution is -2.38. The number of pyridine rings is 1. The van der Waals surface area contributed by atoms with Crippen molar-refractivity contribution in [1.29, 1.82) is 0 Å². The molecule has 0 bridgehead atoms. The number of amides is 1. The average molecular weight is 418 g/mol. The van der Waals surface area contributed by atoms with E-state index in [1.54, 1.807) is 0 Å². The number of carbonyl (C=O) groups is 1. The zero-order valence-corrected chi connectivity index (χ0v) is 16.7. The van der Waals surface area contributed by atoms with Crippen molar-refractivity contribution in [3.8, 4) is 0 Å². The fraction of sp³-hybridized carbons (Fsp3) is 0.455. The molecule has 0 aliphatic carbocycles. The summed E-state index contributed by atoms with van der Waals surface area (Å²) in [5.41, 5.74) is 1.81. The van der Waals surface area contributed by atoms with Gasteiger partial charge in [0.15, 0.2) is 0 Å². The van der Waals surface area contributed by atoms with Crippen LogP contribution in [0.5, 0.6) is 0 Å². The molecule has 2 aromatic rings. The highest BCUT2D eigenvalue weighted by Crippen LogP contribution is 2.31. The van der Waals surface area contributed by atoms with Crippen LogP contribution < -0.4 is 15.1 Å². The van der Waals surface area contributed by atoms with Crippen LogP contribution in [0.25, 0.3) is 0 Å². The summed E-state index contributed by atoms with van der Waals surface area (Å²) in [6.45, 7) is 3.22. The molecule has 8 heteroatoms. The summed E-state index contributed by atoms with van der Waals surface area (Å²) in [4.78, 5) is 20.3. The van der Waals surface area contributed by atoms with Gasteiger partial charge in [0, 0.05) is 44.1 Å². The zero-order chi connectivity index (χ0) is 21.1. The minimum Gasteiger partial charge on any atom is -0.372 e. The molecule has 5 nitrogen and oxygen atoms in total. The second-order valence-corrected chi connectivity index (χ2v) is 7.97. The molecule has 1 atom stereocenters. The first kappa shape index (κ1) is 20.5. The number of anilines is 2. The minimum absolute atomic E-state index is 0.0714. The third kappa shape index (κ3) is 4.86. The first-order valence-corrected chi connectivity index (χ1v) is 10.3. The van der Waals surface area contributed by atoms with E-state index in [-0.39, 0.29) is 11.9 Å². The summed E-state index contributed by atoms with van der Waals surface area (Å²) in [6, 6.07) is 9.12. The molecule has 2 saturated heterocycles. The number of hydrogen-bond acceptors (Lipinski definition) is 4. The quantitative estimate of drug-likeness (QED) is 0.806. The predicted octanol–water partition coefficient (Wildman–Crippen LogP) is 3.64. The largest absolute Gasteiger partial charge is 0.417 e. The number of halogens is 3. The van der Waals surface area contributed by atoms with Gasteiger partial charge in [-0.15, -0.1) is 0 Å². The topological polar surface area (TPSA) is 48.5 Å². The maximum atomic E-state index is 12.9. The van der Waals surface area contributed by atoms with E-state index in [1.807, 2.05) is 17.0 Å². The van der Waals surface area contributed by atoms with Crippen molar-refractivity contribution in [3.05, 3.63) is 53.9 Å². The normalized spacial score (nSPS) is 19.4. The number of nitrogens with one attached hydrogen (secondary N) is 1. The van der Waals surface area contributed by atoms with Gasteiger partial charge in [0.2, 0.25) is 5.91 Å². The molecule has 0 spiro atoms. The second-order valence-electron chi connectivity index (χ2n) is 7.97. The first-order chi connectivity index (χ1) is 14.4. The Morgan fingerprint density at radius 1 is 1.03 bits per heavy atom. The van der Waals surface area contributed by atoms with Gasteiger partial charge in [0.25, 0.3) is 0 Å². The van der Waals surface area contributed by atoms with E-state index in [4.69, 9.17) is 0 Å². The summed E-state index contributed by atoms with van der Waals surface area (Å²) in [6.07, 6.45) is 1.27. The molecule has 0 saturated carbocycles. The van der Waals surface area contributed by atoms with E-state index < -0.39 is 11.7 Å². The number of rotatable bonds is 5. The Hall–Kier alpha value is -2.77. The molecule has 30 heavy (non-hydrogen) atoms. The monoisotopic (exact) mass is 418 g/mol. The van der Waals surface area contributed by atoms with Gasteiger partial charge >= 0.3 is 6.18 Å². The molecule has 1 aromatic heterocycles. The Bertz CT molecular complexity index is 879. The fourth-order valence-electron chi connectivity index (χ4n) is 4.13. The van der Waals surface area contributed by atoms with E-state index in [0.717, 1.165) is 30.9 Å². The molecule has 1 N–H and O–H groups in total. The van der Waals surface area contributed by atoms with E-state index >= 15 is 0 Å². The average Bonchev–Trinajstić information content (AvgIpc) is 3.40. The molecule has 160 valence electrons. The Morgan fingerprint density at radius 2 is 1.77 bits per heavy atom. The highest BCUT2D eigenvalue weighted by molar-refractivity contribution is 5.79. The zero-order valence-electron chi connectivity index (χ0n) is 16.7. The summed E-state index contributed by atoms with van der Waals surface area (Å²) < 4.78 is 38.7. The van der Waals surface area contributed by atoms with Crippen LogP contribution in [0.2, 0.25) is 0 Å². The molecule has 2 aliphatic rings. The lowest BCUT2D eigenvalue weighted by molar-refractivity contribution is -0.137. The highest BCUT2D eigenvalue weighted by atomic mass is 19.4. The molecule has 0 unspecified atom stereocenters. The molecule has 3 heterocycles. The molecule has 1 aromatic carbocycles. The van der Waals surface area contributed by atoms with Crippen LogP contribution >= 0.6 is 0 Å². The van der Waals surface area contributed by atoms with Crippen LogP contribution in [0.15, 0.2) is 42.7 Å². The Balaban J connectivity index is 1.29. The Labute approximate surface area is 173 Å². The summed E-state index contributed by atoms with van der Waals surface area (Å²) in [7, 11) is 0. The number of hydrogen-bond donors (Lipinski definition) is 1.